The first-order valence-corrected chi connectivity index (χ1v) is 41.4. The number of hydrogen-bond acceptors (Lipinski definition) is 8. The Hall–Kier alpha value is -16.2. The summed E-state index contributed by atoms with van der Waals surface area (Å²) in [5, 5.41) is 6.61. The van der Waals surface area contributed by atoms with Gasteiger partial charge in [-0.2, -0.15) is 0 Å². The van der Waals surface area contributed by atoms with Crippen LogP contribution in [0.2, 0.25) is 0 Å². The number of aromatic nitrogens is 6. The minimum absolute atomic E-state index is 0.515. The van der Waals surface area contributed by atoms with Crippen molar-refractivity contribution in [1.82, 2.24) is 29.9 Å². The Labute approximate surface area is 704 Å². The normalized spacial score (nSPS) is 12.7. The van der Waals surface area contributed by atoms with E-state index in [9.17, 15) is 0 Å². The Kier molecular flexibility index (Phi) is 17.2. The van der Waals surface area contributed by atoms with Gasteiger partial charge in [0.2, 0.25) is 0 Å². The highest BCUT2D eigenvalue weighted by molar-refractivity contribution is 6.14. The first kappa shape index (κ1) is 71.2. The third-order valence-corrected chi connectivity index (χ3v) is 24.6. The summed E-state index contributed by atoms with van der Waals surface area (Å²) in [6.07, 6.45) is 0. The molecule has 0 saturated carbocycles. The van der Waals surface area contributed by atoms with Crippen LogP contribution in [0.3, 0.4) is 0 Å². The number of furan rings is 2. The van der Waals surface area contributed by atoms with Gasteiger partial charge in [0.15, 0.2) is 34.9 Å². The molecule has 0 atom stereocenters. The highest BCUT2D eigenvalue weighted by atomic mass is 16.3. The van der Waals surface area contributed by atoms with Gasteiger partial charge < -0.3 is 8.83 Å². The molecule has 22 aromatic rings. The SMILES string of the molecule is c1ccc(-c2cccc(-c3nc(-c4ccccc4)nc(-c4cccc(-c5cccc6oc7ccc(C8(c9ccccc9)c9ccccc9-c9ccccc98)cc7c56)c4)n3)c2)cc1.c1ccc(-c2nc(-c3cccc(-c4cccc5oc6ccc(C7(c8ccccc8)c8ccccc8-c8ccccc87)cc6c45)c3)nc(-c3ccc4ccccc4c3)n2)cc1. The van der Waals surface area contributed by atoms with E-state index in [1.165, 1.54) is 72.1 Å². The number of fused-ring (bicyclic) bond motifs is 13. The number of nitrogens with zero attached hydrogens (tertiary/aromatic N) is 6. The van der Waals surface area contributed by atoms with Crippen molar-refractivity contribution in [3.8, 4) is 124 Å². The standard InChI is InChI=1S/C58H37N3O.C56H35N3O/c1-4-17-38(18-5-1)40-21-14-23-42(35-40)56-59-55(39-19-6-2-7-20-39)60-57(61-56)43-24-15-22-41(36-43)46-29-16-32-53-54(46)49-37-45(33-34-52(49)62-53)58(44-25-8-3-9-26-44)50-30-12-10-27-47(50)48-28-11-13-31-51(48)58;1-3-16-37(17-4-1)53-57-54(59-55(58-53)41-30-29-36-15-7-8-18-38(36)33-41)40-20-13-19-39(34-40)44-25-14-28-51-52(44)47-35-43(31-32-50(47)60-51)56(42-21-5-2-6-22-42)48-26-11-9-23-45(48)46-24-10-12-27-49(46)56/h1-37H;1-35H. The summed E-state index contributed by atoms with van der Waals surface area (Å²) >= 11 is 0. The van der Waals surface area contributed by atoms with Gasteiger partial charge in [0.05, 0.1) is 10.8 Å². The Morgan fingerprint density at radius 1 is 0.164 bits per heavy atom. The van der Waals surface area contributed by atoms with Crippen molar-refractivity contribution < 1.29 is 8.83 Å². The Bertz CT molecular complexity index is 7750. The van der Waals surface area contributed by atoms with Gasteiger partial charge in [0, 0.05) is 54.9 Å². The van der Waals surface area contributed by atoms with Crippen molar-refractivity contribution in [2.45, 2.75) is 10.8 Å². The second kappa shape index (κ2) is 29.5. The van der Waals surface area contributed by atoms with Gasteiger partial charge in [-0.3, -0.25) is 0 Å². The molecule has 2 aliphatic rings. The van der Waals surface area contributed by atoms with Gasteiger partial charge in [-0.15, -0.1) is 0 Å². The van der Waals surface area contributed by atoms with E-state index >= 15 is 0 Å². The third-order valence-electron chi connectivity index (χ3n) is 24.6. The van der Waals surface area contributed by atoms with E-state index in [2.05, 4.69) is 370 Å². The maximum absolute atomic E-state index is 6.66. The molecular formula is C114H72N6O2. The van der Waals surface area contributed by atoms with Gasteiger partial charge in [-0.25, -0.2) is 29.9 Å². The third kappa shape index (κ3) is 11.9. The number of benzene rings is 18. The van der Waals surface area contributed by atoms with Crippen LogP contribution in [0.25, 0.3) is 179 Å². The molecular weight excluding hydrogens is 1490 g/mol. The lowest BCUT2D eigenvalue weighted by Crippen LogP contribution is -2.28. The van der Waals surface area contributed by atoms with Crippen molar-refractivity contribution in [1.29, 1.82) is 0 Å². The van der Waals surface area contributed by atoms with E-state index in [0.717, 1.165) is 116 Å². The molecule has 18 aromatic carbocycles. The van der Waals surface area contributed by atoms with Gasteiger partial charge >= 0.3 is 0 Å². The van der Waals surface area contributed by atoms with E-state index in [0.29, 0.717) is 34.9 Å². The van der Waals surface area contributed by atoms with Crippen molar-refractivity contribution in [2.75, 3.05) is 0 Å². The predicted molar refractivity (Wildman–Crippen MR) is 495 cm³/mol. The highest BCUT2D eigenvalue weighted by Crippen LogP contribution is 2.59. The van der Waals surface area contributed by atoms with Crippen LogP contribution in [0.4, 0.5) is 0 Å². The maximum atomic E-state index is 6.66. The predicted octanol–water partition coefficient (Wildman–Crippen LogP) is 28.4. The lowest BCUT2D eigenvalue weighted by Gasteiger charge is -2.33. The smallest absolute Gasteiger partial charge is 0.164 e. The molecule has 24 rings (SSSR count). The summed E-state index contributed by atoms with van der Waals surface area (Å²) in [6, 6.07) is 155. The molecule has 0 amide bonds. The first-order chi connectivity index (χ1) is 60.4. The van der Waals surface area contributed by atoms with Crippen molar-refractivity contribution in [2.24, 2.45) is 0 Å². The summed E-state index contributed by atoms with van der Waals surface area (Å²) in [4.78, 5) is 30.5. The highest BCUT2D eigenvalue weighted by Gasteiger charge is 2.48. The van der Waals surface area contributed by atoms with E-state index in [1.54, 1.807) is 0 Å². The minimum atomic E-state index is -0.519. The minimum Gasteiger partial charge on any atom is -0.456 e. The Morgan fingerprint density at radius 3 is 0.869 bits per heavy atom. The molecule has 0 radical (unpaired) electrons. The first-order valence-electron chi connectivity index (χ1n) is 41.4. The van der Waals surface area contributed by atoms with Crippen LogP contribution in [0.15, 0.2) is 446 Å². The van der Waals surface area contributed by atoms with Crippen molar-refractivity contribution in [3.05, 3.63) is 481 Å². The van der Waals surface area contributed by atoms with Gasteiger partial charge in [0.1, 0.15) is 22.3 Å². The van der Waals surface area contributed by atoms with Gasteiger partial charge in [-0.05, 0) is 172 Å². The quantitative estimate of drug-likeness (QED) is 0.112. The molecule has 0 unspecified atom stereocenters. The largest absolute Gasteiger partial charge is 0.456 e. The molecule has 4 aromatic heterocycles. The zero-order valence-corrected chi connectivity index (χ0v) is 66.1. The molecule has 0 fully saturated rings. The summed E-state index contributed by atoms with van der Waals surface area (Å²) in [5.41, 5.74) is 29.5. The lowest BCUT2D eigenvalue weighted by atomic mass is 9.67. The summed E-state index contributed by atoms with van der Waals surface area (Å²) in [5.74, 6) is 3.73. The maximum Gasteiger partial charge on any atom is 0.164 e. The molecule has 4 heterocycles. The van der Waals surface area contributed by atoms with Crippen LogP contribution in [-0.2, 0) is 10.8 Å². The molecule has 122 heavy (non-hydrogen) atoms. The van der Waals surface area contributed by atoms with E-state index in [-0.39, 0.29) is 0 Å². The molecule has 8 nitrogen and oxygen atoms in total. The molecule has 2 aliphatic carbocycles. The molecule has 570 valence electrons. The fourth-order valence-electron chi connectivity index (χ4n) is 19.2. The van der Waals surface area contributed by atoms with Crippen LogP contribution < -0.4 is 0 Å². The zero-order valence-electron chi connectivity index (χ0n) is 66.1. The van der Waals surface area contributed by atoms with Crippen LogP contribution >= 0.6 is 0 Å². The van der Waals surface area contributed by atoms with Crippen molar-refractivity contribution >= 4 is 54.6 Å². The average molecular weight is 1560 g/mol. The number of hydrogen-bond donors (Lipinski definition) is 0. The molecule has 0 bridgehead atoms. The van der Waals surface area contributed by atoms with Gasteiger partial charge in [-0.1, -0.05) is 376 Å². The molecule has 0 N–H and O–H groups in total. The van der Waals surface area contributed by atoms with E-state index in [4.69, 9.17) is 38.7 Å². The lowest BCUT2D eigenvalue weighted by molar-refractivity contribution is 0.668. The fourth-order valence-corrected chi connectivity index (χ4v) is 19.2. The van der Waals surface area contributed by atoms with Crippen LogP contribution in [0.5, 0.6) is 0 Å². The summed E-state index contributed by atoms with van der Waals surface area (Å²) < 4.78 is 13.3. The van der Waals surface area contributed by atoms with Crippen LogP contribution in [-0.4, -0.2) is 29.9 Å². The summed E-state index contributed by atoms with van der Waals surface area (Å²) in [7, 11) is 0. The van der Waals surface area contributed by atoms with Crippen LogP contribution in [0.1, 0.15) is 44.5 Å². The Balaban J connectivity index is 0.000000142. The molecule has 0 aliphatic heterocycles. The monoisotopic (exact) mass is 1560 g/mol. The second-order valence-electron chi connectivity index (χ2n) is 31.4. The molecule has 0 spiro atoms. The second-order valence-corrected chi connectivity index (χ2v) is 31.4. The average Bonchev–Trinajstić information content (AvgIpc) is 1.54. The molecule has 0 saturated heterocycles. The van der Waals surface area contributed by atoms with Gasteiger partial charge in [0.25, 0.3) is 0 Å². The van der Waals surface area contributed by atoms with E-state index < -0.39 is 10.8 Å². The number of rotatable bonds is 13. The van der Waals surface area contributed by atoms with Crippen molar-refractivity contribution in [3.63, 3.8) is 0 Å². The zero-order chi connectivity index (χ0) is 80.7. The summed E-state index contributed by atoms with van der Waals surface area (Å²) in [6.45, 7) is 0. The van der Waals surface area contributed by atoms with E-state index in [1.807, 2.05) is 66.7 Å². The topological polar surface area (TPSA) is 104 Å². The molecule has 8 heteroatoms. The Morgan fingerprint density at radius 2 is 0.459 bits per heavy atom. The fraction of sp³-hybridized carbons (Fsp3) is 0.0175. The van der Waals surface area contributed by atoms with Crippen LogP contribution in [0, 0.1) is 0 Å².